The molecule has 2 saturated heterocycles. The van der Waals surface area contributed by atoms with Gasteiger partial charge in [0.05, 0.1) is 16.6 Å². The molecule has 0 aromatic heterocycles. The Hall–Kier alpha value is -3.06. The number of piperazine rings is 1. The van der Waals surface area contributed by atoms with Gasteiger partial charge in [0.25, 0.3) is 5.91 Å². The van der Waals surface area contributed by atoms with Gasteiger partial charge in [0.15, 0.2) is 0 Å². The van der Waals surface area contributed by atoms with Crippen molar-refractivity contribution in [3.05, 3.63) is 59.1 Å². The van der Waals surface area contributed by atoms with Crippen molar-refractivity contribution in [1.29, 1.82) is 0 Å². The molecule has 1 atom stereocenters. The number of benzene rings is 2. The smallest absolute Gasteiger partial charge is 0.308 e. The quantitative estimate of drug-likeness (QED) is 0.811. The fourth-order valence-corrected chi connectivity index (χ4v) is 4.25. The first-order valence-electron chi connectivity index (χ1n) is 9.86. The predicted octanol–water partition coefficient (Wildman–Crippen LogP) is 2.74. The van der Waals surface area contributed by atoms with Gasteiger partial charge in [-0.1, -0.05) is 29.8 Å². The number of carboxylic acid groups (broad SMARTS) is 1. The van der Waals surface area contributed by atoms with Gasteiger partial charge >= 0.3 is 5.97 Å². The van der Waals surface area contributed by atoms with Crippen molar-refractivity contribution >= 4 is 40.8 Å². The third-order valence-corrected chi connectivity index (χ3v) is 5.95. The van der Waals surface area contributed by atoms with E-state index in [2.05, 4.69) is 4.90 Å². The molecule has 2 aromatic carbocycles. The number of carbonyl (C=O) groups is 3. The molecular weight excluding hydrogens is 406 g/mol. The summed E-state index contributed by atoms with van der Waals surface area (Å²) < 4.78 is 0. The number of halogens is 1. The number of rotatable bonds is 4. The SMILES string of the molecule is O=C(O)[C@@H]1CC(=O)N(c2ccc(N3CCN(C(=O)c4ccccc4)CC3)c(Cl)c2)C1. The van der Waals surface area contributed by atoms with Gasteiger partial charge in [-0.15, -0.1) is 0 Å². The van der Waals surface area contributed by atoms with Crippen LogP contribution in [0, 0.1) is 5.92 Å². The van der Waals surface area contributed by atoms with Crippen LogP contribution in [0.15, 0.2) is 48.5 Å². The Bertz CT molecular complexity index is 974. The van der Waals surface area contributed by atoms with Crippen molar-refractivity contribution in [3.63, 3.8) is 0 Å². The molecule has 30 heavy (non-hydrogen) atoms. The number of carboxylic acids is 1. The molecule has 0 bridgehead atoms. The molecule has 0 unspecified atom stereocenters. The minimum atomic E-state index is -0.962. The second-order valence-electron chi connectivity index (χ2n) is 7.52. The van der Waals surface area contributed by atoms with Gasteiger partial charge in [-0.2, -0.15) is 0 Å². The lowest BCUT2D eigenvalue weighted by atomic mass is 10.1. The first-order valence-corrected chi connectivity index (χ1v) is 10.2. The molecule has 2 aromatic rings. The molecule has 2 amide bonds. The summed E-state index contributed by atoms with van der Waals surface area (Å²) in [5.41, 5.74) is 2.13. The molecule has 2 heterocycles. The molecule has 0 spiro atoms. The molecule has 0 radical (unpaired) electrons. The van der Waals surface area contributed by atoms with Crippen LogP contribution < -0.4 is 9.80 Å². The summed E-state index contributed by atoms with van der Waals surface area (Å²) in [5, 5.41) is 9.66. The lowest BCUT2D eigenvalue weighted by molar-refractivity contribution is -0.141. The van der Waals surface area contributed by atoms with E-state index in [1.54, 1.807) is 12.1 Å². The number of nitrogens with zero attached hydrogens (tertiary/aromatic N) is 3. The second-order valence-corrected chi connectivity index (χ2v) is 7.93. The van der Waals surface area contributed by atoms with Crippen LogP contribution in [0.3, 0.4) is 0 Å². The Balaban J connectivity index is 1.42. The van der Waals surface area contributed by atoms with Crippen LogP contribution in [-0.2, 0) is 9.59 Å². The second kappa shape index (κ2) is 8.36. The minimum absolute atomic E-state index is 0.00606. The highest BCUT2D eigenvalue weighted by Gasteiger charge is 2.35. The number of hydrogen-bond acceptors (Lipinski definition) is 4. The Labute approximate surface area is 179 Å². The Morgan fingerprint density at radius 2 is 1.70 bits per heavy atom. The van der Waals surface area contributed by atoms with Crippen LogP contribution >= 0.6 is 11.6 Å². The largest absolute Gasteiger partial charge is 0.481 e. The van der Waals surface area contributed by atoms with E-state index in [4.69, 9.17) is 16.7 Å². The van der Waals surface area contributed by atoms with Gasteiger partial charge in [0, 0.05) is 50.4 Å². The first kappa shape index (κ1) is 20.2. The van der Waals surface area contributed by atoms with Gasteiger partial charge in [0.2, 0.25) is 5.91 Å². The third kappa shape index (κ3) is 3.98. The highest BCUT2D eigenvalue weighted by atomic mass is 35.5. The van der Waals surface area contributed by atoms with Gasteiger partial charge in [-0.25, -0.2) is 0 Å². The van der Waals surface area contributed by atoms with E-state index in [-0.39, 0.29) is 24.8 Å². The highest BCUT2D eigenvalue weighted by Crippen LogP contribution is 2.33. The number of amides is 2. The summed E-state index contributed by atoms with van der Waals surface area (Å²) in [4.78, 5) is 41.4. The molecule has 2 fully saturated rings. The molecule has 4 rings (SSSR count). The van der Waals surface area contributed by atoms with E-state index < -0.39 is 11.9 Å². The van der Waals surface area contributed by atoms with E-state index in [1.807, 2.05) is 41.3 Å². The van der Waals surface area contributed by atoms with Crippen molar-refractivity contribution in [2.24, 2.45) is 5.92 Å². The van der Waals surface area contributed by atoms with E-state index in [0.717, 1.165) is 5.69 Å². The number of hydrogen-bond donors (Lipinski definition) is 1. The molecule has 1 N–H and O–H groups in total. The van der Waals surface area contributed by atoms with Crippen LogP contribution in [0.4, 0.5) is 11.4 Å². The molecule has 2 aliphatic heterocycles. The van der Waals surface area contributed by atoms with Gasteiger partial charge in [-0.05, 0) is 30.3 Å². The number of anilines is 2. The van der Waals surface area contributed by atoms with Crippen molar-refractivity contribution in [1.82, 2.24) is 4.90 Å². The zero-order chi connectivity index (χ0) is 21.3. The van der Waals surface area contributed by atoms with Crippen LogP contribution in [0.5, 0.6) is 0 Å². The zero-order valence-electron chi connectivity index (χ0n) is 16.3. The van der Waals surface area contributed by atoms with E-state index >= 15 is 0 Å². The maximum Gasteiger partial charge on any atom is 0.308 e. The average molecular weight is 428 g/mol. The Morgan fingerprint density at radius 3 is 2.30 bits per heavy atom. The lowest BCUT2D eigenvalue weighted by Gasteiger charge is -2.36. The Kier molecular flexibility index (Phi) is 5.63. The summed E-state index contributed by atoms with van der Waals surface area (Å²) in [6.45, 7) is 2.65. The van der Waals surface area contributed by atoms with Gasteiger partial charge in [0.1, 0.15) is 0 Å². The van der Waals surface area contributed by atoms with E-state index in [0.29, 0.717) is 42.5 Å². The van der Waals surface area contributed by atoms with E-state index in [1.165, 1.54) is 4.90 Å². The molecule has 7 nitrogen and oxygen atoms in total. The average Bonchev–Trinajstić information content (AvgIpc) is 3.16. The predicted molar refractivity (Wildman–Crippen MR) is 114 cm³/mol. The Morgan fingerprint density at radius 1 is 1.00 bits per heavy atom. The lowest BCUT2D eigenvalue weighted by Crippen LogP contribution is -2.48. The van der Waals surface area contributed by atoms with Gasteiger partial charge in [-0.3, -0.25) is 14.4 Å². The third-order valence-electron chi connectivity index (χ3n) is 5.65. The minimum Gasteiger partial charge on any atom is -0.481 e. The highest BCUT2D eigenvalue weighted by molar-refractivity contribution is 6.33. The van der Waals surface area contributed by atoms with Crippen molar-refractivity contribution in [3.8, 4) is 0 Å². The normalized spacial score (nSPS) is 19.3. The van der Waals surface area contributed by atoms with Crippen LogP contribution in [0.2, 0.25) is 5.02 Å². The molecule has 2 aliphatic rings. The molecule has 156 valence electrons. The molecule has 8 heteroatoms. The van der Waals surface area contributed by atoms with Crippen molar-refractivity contribution in [2.45, 2.75) is 6.42 Å². The van der Waals surface area contributed by atoms with E-state index in [9.17, 15) is 14.4 Å². The summed E-state index contributed by atoms with van der Waals surface area (Å²) in [5.74, 6) is -1.83. The standard InChI is InChI=1S/C22H22ClN3O4/c23-18-13-17(26-14-16(22(29)30)12-20(26)27)6-7-19(18)24-8-10-25(11-9-24)21(28)15-4-2-1-3-5-15/h1-7,13,16H,8-12,14H2,(H,29,30)/t16-/m1/s1. The van der Waals surface area contributed by atoms with Crippen LogP contribution in [0.25, 0.3) is 0 Å². The fraction of sp³-hybridized carbons (Fsp3) is 0.318. The first-order chi connectivity index (χ1) is 14.4. The topological polar surface area (TPSA) is 81.2 Å². The van der Waals surface area contributed by atoms with Crippen molar-refractivity contribution in [2.75, 3.05) is 42.5 Å². The number of aliphatic carboxylic acids is 1. The number of carbonyl (C=O) groups excluding carboxylic acids is 2. The monoisotopic (exact) mass is 427 g/mol. The molecular formula is C22H22ClN3O4. The fourth-order valence-electron chi connectivity index (χ4n) is 3.96. The van der Waals surface area contributed by atoms with Crippen molar-refractivity contribution < 1.29 is 19.5 Å². The maximum absolute atomic E-state index is 12.6. The summed E-state index contributed by atoms with van der Waals surface area (Å²) in [6, 6.07) is 14.6. The summed E-state index contributed by atoms with van der Waals surface area (Å²) in [7, 11) is 0. The zero-order valence-corrected chi connectivity index (χ0v) is 17.1. The van der Waals surface area contributed by atoms with Gasteiger partial charge < -0.3 is 19.8 Å². The van der Waals surface area contributed by atoms with Crippen LogP contribution in [-0.4, -0.2) is 60.5 Å². The maximum atomic E-state index is 12.6. The van der Waals surface area contributed by atoms with Crippen LogP contribution in [0.1, 0.15) is 16.8 Å². The molecule has 0 saturated carbocycles. The molecule has 0 aliphatic carbocycles. The summed E-state index contributed by atoms with van der Waals surface area (Å²) in [6.07, 6.45) is 0.00606. The summed E-state index contributed by atoms with van der Waals surface area (Å²) >= 11 is 6.51.